The number of ether oxygens (including phenoxy) is 1. The first kappa shape index (κ1) is 10.1. The molecular formula is C6H4BrClN2O3. The lowest BCUT2D eigenvalue weighted by atomic mass is 10.4. The van der Waals surface area contributed by atoms with E-state index < -0.39 is 6.16 Å². The average molecular weight is 267 g/mol. The molecule has 0 saturated heterocycles. The smallest absolute Gasteiger partial charge is 0.449 e. The molecule has 7 heteroatoms. The summed E-state index contributed by atoms with van der Waals surface area (Å²) in [5, 5.41) is 8.27. The van der Waals surface area contributed by atoms with Crippen LogP contribution in [0.5, 0.6) is 5.88 Å². The Morgan fingerprint density at radius 2 is 2.38 bits per heavy atom. The number of nitrogens with two attached hydrogens (primary N) is 1. The Labute approximate surface area is 86.6 Å². The maximum absolute atomic E-state index is 10.2. The molecule has 13 heavy (non-hydrogen) atoms. The number of carbonyl (C=O) groups is 1. The summed E-state index contributed by atoms with van der Waals surface area (Å²) >= 11 is 8.63. The van der Waals surface area contributed by atoms with Gasteiger partial charge in [0.25, 0.3) is 0 Å². The molecule has 0 aliphatic rings. The zero-order chi connectivity index (χ0) is 10.0. The predicted molar refractivity (Wildman–Crippen MR) is 50.0 cm³/mol. The van der Waals surface area contributed by atoms with E-state index in [1.54, 1.807) is 0 Å². The van der Waals surface area contributed by atoms with Crippen LogP contribution in [0, 0.1) is 0 Å². The highest BCUT2D eigenvalue weighted by Gasteiger charge is 2.12. The molecule has 1 aromatic rings. The van der Waals surface area contributed by atoms with Crippen molar-refractivity contribution in [3.63, 3.8) is 0 Å². The van der Waals surface area contributed by atoms with Crippen molar-refractivity contribution < 1.29 is 14.6 Å². The van der Waals surface area contributed by atoms with E-state index in [1.807, 2.05) is 0 Å². The highest BCUT2D eigenvalue weighted by molar-refractivity contribution is 9.10. The van der Waals surface area contributed by atoms with Crippen LogP contribution in [0.1, 0.15) is 0 Å². The van der Waals surface area contributed by atoms with E-state index >= 15 is 0 Å². The summed E-state index contributed by atoms with van der Waals surface area (Å²) in [5.41, 5.74) is 5.62. The van der Waals surface area contributed by atoms with Gasteiger partial charge >= 0.3 is 6.16 Å². The number of aromatic nitrogens is 1. The number of carboxylic acid groups (broad SMARTS) is 1. The summed E-state index contributed by atoms with van der Waals surface area (Å²) in [6, 6.07) is 1.44. The molecule has 0 amide bonds. The topological polar surface area (TPSA) is 85.4 Å². The van der Waals surface area contributed by atoms with Crippen LogP contribution in [0.4, 0.5) is 10.5 Å². The quantitative estimate of drug-likeness (QED) is 0.601. The van der Waals surface area contributed by atoms with Crippen LogP contribution in [0.25, 0.3) is 0 Å². The zero-order valence-corrected chi connectivity index (χ0v) is 8.46. The number of halogens is 2. The van der Waals surface area contributed by atoms with Gasteiger partial charge in [0, 0.05) is 0 Å². The maximum Gasteiger partial charge on any atom is 0.512 e. The molecular weight excluding hydrogens is 263 g/mol. The minimum absolute atomic E-state index is 0.0226. The van der Waals surface area contributed by atoms with Crippen molar-refractivity contribution in [3.8, 4) is 5.88 Å². The van der Waals surface area contributed by atoms with Crippen molar-refractivity contribution in [2.45, 2.75) is 0 Å². The van der Waals surface area contributed by atoms with Crippen molar-refractivity contribution in [2.75, 3.05) is 5.73 Å². The fourth-order valence-corrected chi connectivity index (χ4v) is 1.19. The van der Waals surface area contributed by atoms with Crippen LogP contribution in [0.2, 0.25) is 5.02 Å². The van der Waals surface area contributed by atoms with E-state index in [4.69, 9.17) is 22.4 Å². The molecule has 5 nitrogen and oxygen atoms in total. The molecule has 1 heterocycles. The molecule has 0 bridgehead atoms. The van der Waals surface area contributed by atoms with Crippen molar-refractivity contribution >= 4 is 39.4 Å². The Morgan fingerprint density at radius 1 is 1.77 bits per heavy atom. The molecule has 0 aromatic carbocycles. The lowest BCUT2D eigenvalue weighted by Crippen LogP contribution is -2.06. The highest BCUT2D eigenvalue weighted by atomic mass is 79.9. The number of nitrogen functional groups attached to an aromatic ring is 1. The minimum atomic E-state index is -1.49. The summed E-state index contributed by atoms with van der Waals surface area (Å²) < 4.78 is 4.62. The van der Waals surface area contributed by atoms with Gasteiger partial charge in [-0.3, -0.25) is 0 Å². The van der Waals surface area contributed by atoms with Crippen molar-refractivity contribution in [2.24, 2.45) is 0 Å². The van der Waals surface area contributed by atoms with Gasteiger partial charge in [-0.15, -0.1) is 0 Å². The number of pyridine rings is 1. The van der Waals surface area contributed by atoms with Crippen molar-refractivity contribution in [1.82, 2.24) is 4.98 Å². The molecule has 0 unspecified atom stereocenters. The normalized spacial score (nSPS) is 9.69. The lowest BCUT2D eigenvalue weighted by molar-refractivity contribution is 0.142. The van der Waals surface area contributed by atoms with Gasteiger partial charge in [-0.25, -0.2) is 9.78 Å². The van der Waals surface area contributed by atoms with Gasteiger partial charge < -0.3 is 15.6 Å². The van der Waals surface area contributed by atoms with Gasteiger partial charge in [0.15, 0.2) is 0 Å². The highest BCUT2D eigenvalue weighted by Crippen LogP contribution is 2.30. The molecule has 0 saturated carbocycles. The summed E-state index contributed by atoms with van der Waals surface area (Å²) in [7, 11) is 0. The third-order valence-electron chi connectivity index (χ3n) is 1.11. The second-order valence-corrected chi connectivity index (χ2v) is 3.21. The molecule has 0 fully saturated rings. The molecule has 3 N–H and O–H groups in total. The molecule has 0 spiro atoms. The number of hydrogen-bond donors (Lipinski definition) is 2. The Kier molecular flexibility index (Phi) is 2.94. The fraction of sp³-hybridized carbons (Fsp3) is 0. The second-order valence-electron chi connectivity index (χ2n) is 2.02. The maximum atomic E-state index is 10.2. The minimum Gasteiger partial charge on any atom is -0.449 e. The van der Waals surface area contributed by atoms with Crippen LogP contribution < -0.4 is 10.5 Å². The third kappa shape index (κ3) is 2.46. The van der Waals surface area contributed by atoms with Crippen molar-refractivity contribution in [3.05, 3.63) is 15.7 Å². The van der Waals surface area contributed by atoms with Crippen molar-refractivity contribution in [1.29, 1.82) is 0 Å². The molecule has 0 atom stereocenters. The van der Waals surface area contributed by atoms with E-state index in [-0.39, 0.29) is 16.6 Å². The summed E-state index contributed by atoms with van der Waals surface area (Å²) in [6.45, 7) is 0. The largest absolute Gasteiger partial charge is 0.512 e. The number of nitrogens with zero attached hydrogens (tertiary/aromatic N) is 1. The Balaban J connectivity index is 3.12. The first-order chi connectivity index (χ1) is 6.00. The second kappa shape index (κ2) is 3.80. The average Bonchev–Trinajstić information content (AvgIpc) is 1.98. The lowest BCUT2D eigenvalue weighted by Gasteiger charge is -2.04. The monoisotopic (exact) mass is 266 g/mol. The van der Waals surface area contributed by atoms with E-state index in [2.05, 4.69) is 25.7 Å². The standard InChI is InChI=1S/C6H4BrClN2O3/c7-3-1-2(9)4(8)5(10-3)13-6(11)12/h1H,(H2,9,10)(H,11,12). The molecule has 0 radical (unpaired) electrons. The van der Waals surface area contributed by atoms with Gasteiger partial charge in [0.1, 0.15) is 9.63 Å². The fourth-order valence-electron chi connectivity index (χ4n) is 0.644. The SMILES string of the molecule is Nc1cc(Br)nc(OC(=O)O)c1Cl. The number of anilines is 1. The van der Waals surface area contributed by atoms with Crippen LogP contribution in [-0.2, 0) is 0 Å². The van der Waals surface area contributed by atoms with Gasteiger partial charge in [-0.2, -0.15) is 0 Å². The Morgan fingerprint density at radius 3 is 2.92 bits per heavy atom. The molecule has 70 valence electrons. The van der Waals surface area contributed by atoms with Crippen LogP contribution in [0.15, 0.2) is 10.7 Å². The van der Waals surface area contributed by atoms with Crippen LogP contribution in [-0.4, -0.2) is 16.2 Å². The Hall–Kier alpha value is -1.01. The van der Waals surface area contributed by atoms with Crippen LogP contribution in [0.3, 0.4) is 0 Å². The number of hydrogen-bond acceptors (Lipinski definition) is 4. The van der Waals surface area contributed by atoms with Gasteiger partial charge in [-0.1, -0.05) is 11.6 Å². The summed E-state index contributed by atoms with van der Waals surface area (Å²) in [4.78, 5) is 13.8. The summed E-state index contributed by atoms with van der Waals surface area (Å²) in [5.74, 6) is -0.235. The van der Waals surface area contributed by atoms with E-state index in [0.717, 1.165) is 0 Å². The molecule has 1 aromatic heterocycles. The summed E-state index contributed by atoms with van der Waals surface area (Å²) in [6.07, 6.45) is -1.49. The Bertz CT molecular complexity index is 358. The van der Waals surface area contributed by atoms with E-state index in [1.165, 1.54) is 6.07 Å². The van der Waals surface area contributed by atoms with Gasteiger partial charge in [-0.05, 0) is 22.0 Å². The third-order valence-corrected chi connectivity index (χ3v) is 1.89. The first-order valence-corrected chi connectivity index (χ1v) is 4.20. The first-order valence-electron chi connectivity index (χ1n) is 3.03. The van der Waals surface area contributed by atoms with Gasteiger partial charge in [0.2, 0.25) is 5.88 Å². The van der Waals surface area contributed by atoms with E-state index in [0.29, 0.717) is 4.60 Å². The van der Waals surface area contributed by atoms with E-state index in [9.17, 15) is 4.79 Å². The number of rotatable bonds is 1. The molecule has 0 aliphatic heterocycles. The van der Waals surface area contributed by atoms with Gasteiger partial charge in [0.05, 0.1) is 5.69 Å². The predicted octanol–water partition coefficient (Wildman–Crippen LogP) is 2.14. The molecule has 0 aliphatic carbocycles. The zero-order valence-electron chi connectivity index (χ0n) is 6.12. The van der Waals surface area contributed by atoms with Crippen LogP contribution >= 0.6 is 27.5 Å². The molecule has 1 rings (SSSR count).